The number of aromatic hydroxyl groups is 1. The van der Waals surface area contributed by atoms with Crippen LogP contribution < -0.4 is 5.73 Å². The van der Waals surface area contributed by atoms with Crippen molar-refractivity contribution >= 4 is 33.7 Å². The monoisotopic (exact) mass is 425 g/mol. The van der Waals surface area contributed by atoms with Gasteiger partial charge in [-0.25, -0.2) is 4.98 Å². The number of rotatable bonds is 4. The quantitative estimate of drug-likeness (QED) is 0.365. The smallest absolute Gasteiger partial charge is 0.215 e. The number of benzene rings is 2. The van der Waals surface area contributed by atoms with Gasteiger partial charge in [0.25, 0.3) is 0 Å². The highest BCUT2D eigenvalue weighted by Crippen LogP contribution is 2.36. The summed E-state index contributed by atoms with van der Waals surface area (Å²) in [6, 6.07) is 11.3. The number of ketones is 1. The summed E-state index contributed by atoms with van der Waals surface area (Å²) < 4.78 is 1.71. The van der Waals surface area contributed by atoms with Gasteiger partial charge in [-0.05, 0) is 43.5 Å². The van der Waals surface area contributed by atoms with E-state index in [1.807, 2.05) is 44.2 Å². The molecular weight excluding hydrogens is 402 g/mol. The number of phenolic OH excluding ortho intramolecular Hbond substituents is 1. The van der Waals surface area contributed by atoms with E-state index in [1.165, 1.54) is 0 Å². The first-order chi connectivity index (χ1) is 15.4. The van der Waals surface area contributed by atoms with Gasteiger partial charge < -0.3 is 15.8 Å². The number of hydrogen-bond acceptors (Lipinski definition) is 5. The number of aromatic nitrogens is 4. The van der Waals surface area contributed by atoms with Crippen LogP contribution in [0.3, 0.4) is 0 Å². The van der Waals surface area contributed by atoms with Crippen molar-refractivity contribution in [2.75, 3.05) is 5.73 Å². The molecule has 5 aromatic rings. The number of nitrogens with two attached hydrogens (primary N) is 1. The summed E-state index contributed by atoms with van der Waals surface area (Å²) >= 11 is 0. The summed E-state index contributed by atoms with van der Waals surface area (Å²) in [6.07, 6.45) is 3.97. The lowest BCUT2D eigenvalue weighted by Gasteiger charge is -2.15. The molecule has 0 spiro atoms. The van der Waals surface area contributed by atoms with Crippen molar-refractivity contribution in [2.24, 2.45) is 0 Å². The topological polar surface area (TPSA) is 110 Å². The third kappa shape index (κ3) is 2.78. The Morgan fingerprint density at radius 3 is 2.72 bits per heavy atom. The number of carbonyl (C=O) groups is 1. The summed E-state index contributed by atoms with van der Waals surface area (Å²) in [5, 5.41) is 11.3. The molecular formula is C25H23N5O2. The molecule has 0 aliphatic rings. The Balaban J connectivity index is 1.78. The second kappa shape index (κ2) is 7.23. The molecule has 7 heteroatoms. The van der Waals surface area contributed by atoms with Crippen molar-refractivity contribution in [1.82, 2.24) is 19.5 Å². The van der Waals surface area contributed by atoms with Crippen molar-refractivity contribution in [3.05, 3.63) is 76.7 Å². The predicted octanol–water partition coefficient (Wildman–Crippen LogP) is 4.60. The Bertz CT molecular complexity index is 1530. The number of nitrogen functional groups attached to an aromatic ring is 1. The van der Waals surface area contributed by atoms with Crippen LogP contribution in [-0.4, -0.2) is 30.4 Å². The van der Waals surface area contributed by atoms with Crippen LogP contribution in [0.15, 0.2) is 48.8 Å². The first-order valence-electron chi connectivity index (χ1n) is 10.5. The van der Waals surface area contributed by atoms with Gasteiger partial charge in [0.1, 0.15) is 17.1 Å². The number of carbonyl (C=O) groups excluding carboxylic acids is 1. The van der Waals surface area contributed by atoms with Crippen molar-refractivity contribution in [2.45, 2.75) is 27.2 Å². The van der Waals surface area contributed by atoms with E-state index in [4.69, 9.17) is 5.73 Å². The van der Waals surface area contributed by atoms with Crippen LogP contribution >= 0.6 is 0 Å². The van der Waals surface area contributed by atoms with Gasteiger partial charge in [-0.1, -0.05) is 31.2 Å². The van der Waals surface area contributed by atoms with E-state index in [1.54, 1.807) is 23.0 Å². The molecule has 0 atom stereocenters. The molecule has 2 aromatic carbocycles. The van der Waals surface area contributed by atoms with Gasteiger partial charge in [0, 0.05) is 28.9 Å². The average molecular weight is 425 g/mol. The molecule has 5 rings (SSSR count). The molecule has 0 saturated heterocycles. The predicted molar refractivity (Wildman–Crippen MR) is 126 cm³/mol. The van der Waals surface area contributed by atoms with Crippen molar-refractivity contribution in [3.63, 3.8) is 0 Å². The van der Waals surface area contributed by atoms with Crippen LogP contribution in [0.5, 0.6) is 5.75 Å². The highest BCUT2D eigenvalue weighted by atomic mass is 16.3. The maximum atomic E-state index is 13.7. The van der Waals surface area contributed by atoms with Crippen LogP contribution in [0, 0.1) is 13.8 Å². The summed E-state index contributed by atoms with van der Waals surface area (Å²) in [5.41, 5.74) is 12.5. The van der Waals surface area contributed by atoms with Crippen LogP contribution in [0.1, 0.15) is 39.7 Å². The summed E-state index contributed by atoms with van der Waals surface area (Å²) in [4.78, 5) is 25.9. The first kappa shape index (κ1) is 19.8. The average Bonchev–Trinajstić information content (AvgIpc) is 3.35. The van der Waals surface area contributed by atoms with Crippen molar-refractivity contribution in [1.29, 1.82) is 0 Å². The number of anilines is 1. The maximum Gasteiger partial charge on any atom is 0.215 e. The van der Waals surface area contributed by atoms with E-state index in [9.17, 15) is 9.90 Å². The lowest BCUT2D eigenvalue weighted by molar-refractivity contribution is 0.103. The van der Waals surface area contributed by atoms with E-state index in [0.717, 1.165) is 28.5 Å². The van der Waals surface area contributed by atoms with Gasteiger partial charge in [0.15, 0.2) is 5.65 Å². The van der Waals surface area contributed by atoms with Crippen LogP contribution in [0.4, 0.5) is 5.82 Å². The molecule has 32 heavy (non-hydrogen) atoms. The number of aromatic amines is 1. The summed E-state index contributed by atoms with van der Waals surface area (Å²) in [6.45, 7) is 5.82. The maximum absolute atomic E-state index is 13.7. The minimum atomic E-state index is -0.250. The molecule has 160 valence electrons. The zero-order valence-corrected chi connectivity index (χ0v) is 18.1. The zero-order chi connectivity index (χ0) is 22.6. The van der Waals surface area contributed by atoms with Gasteiger partial charge in [-0.2, -0.15) is 0 Å². The molecule has 0 unspecified atom stereocenters. The molecule has 7 nitrogen and oxygen atoms in total. The van der Waals surface area contributed by atoms with E-state index in [-0.39, 0.29) is 17.4 Å². The van der Waals surface area contributed by atoms with Crippen LogP contribution in [0.25, 0.3) is 27.8 Å². The molecule has 0 amide bonds. The fraction of sp³-hybridized carbons (Fsp3) is 0.160. The number of hydrogen-bond donors (Lipinski definition) is 3. The molecule has 0 aliphatic carbocycles. The van der Waals surface area contributed by atoms with E-state index >= 15 is 0 Å². The third-order valence-electron chi connectivity index (χ3n) is 6.05. The van der Waals surface area contributed by atoms with Gasteiger partial charge in [0.2, 0.25) is 5.78 Å². The normalized spacial score (nSPS) is 11.5. The van der Waals surface area contributed by atoms with Gasteiger partial charge in [-0.15, -0.1) is 0 Å². The van der Waals surface area contributed by atoms with Crippen LogP contribution in [0.2, 0.25) is 0 Å². The standard InChI is InChI=1S/C25H23N5O2/c1-4-15-6-5-7-16-12-17(29-20(15)16)23(32)19-21-25(28-11-10-27-21)30(24(19)26)22-13(2)8-9-18(31)14(22)3/h5-12,29,31H,4,26H2,1-3H3. The minimum Gasteiger partial charge on any atom is -0.508 e. The van der Waals surface area contributed by atoms with E-state index < -0.39 is 0 Å². The Morgan fingerprint density at radius 2 is 1.94 bits per heavy atom. The molecule has 4 N–H and O–H groups in total. The summed E-state index contributed by atoms with van der Waals surface area (Å²) in [5.74, 6) is 0.133. The second-order valence-corrected chi connectivity index (χ2v) is 7.95. The van der Waals surface area contributed by atoms with Crippen LogP contribution in [-0.2, 0) is 6.42 Å². The molecule has 3 aromatic heterocycles. The number of phenols is 1. The Morgan fingerprint density at radius 1 is 1.16 bits per heavy atom. The van der Waals surface area contributed by atoms with E-state index in [0.29, 0.717) is 33.7 Å². The second-order valence-electron chi connectivity index (χ2n) is 7.95. The highest BCUT2D eigenvalue weighted by molar-refractivity contribution is 6.19. The minimum absolute atomic E-state index is 0.145. The highest BCUT2D eigenvalue weighted by Gasteiger charge is 2.27. The van der Waals surface area contributed by atoms with Crippen molar-refractivity contribution in [3.8, 4) is 11.4 Å². The lowest BCUT2D eigenvalue weighted by Crippen LogP contribution is -2.09. The van der Waals surface area contributed by atoms with Gasteiger partial charge >= 0.3 is 0 Å². The molecule has 0 radical (unpaired) electrons. The number of aryl methyl sites for hydroxylation is 2. The van der Waals surface area contributed by atoms with Crippen molar-refractivity contribution < 1.29 is 9.90 Å². The largest absolute Gasteiger partial charge is 0.508 e. The van der Waals surface area contributed by atoms with Gasteiger partial charge in [0.05, 0.1) is 16.9 Å². The number of nitrogens with zero attached hydrogens (tertiary/aromatic N) is 3. The molecule has 0 fully saturated rings. The van der Waals surface area contributed by atoms with E-state index in [2.05, 4.69) is 21.9 Å². The third-order valence-corrected chi connectivity index (χ3v) is 6.05. The molecule has 3 heterocycles. The Hall–Kier alpha value is -4.13. The molecule has 0 bridgehead atoms. The number of fused-ring (bicyclic) bond motifs is 2. The van der Waals surface area contributed by atoms with Gasteiger partial charge in [-0.3, -0.25) is 14.3 Å². The fourth-order valence-corrected chi connectivity index (χ4v) is 4.41. The SMILES string of the molecule is CCc1cccc2cc(C(=O)c3c(N)n(-c4c(C)ccc(O)c4C)c4nccnc34)[nH]c12. The number of nitrogens with one attached hydrogen (secondary N) is 1. The summed E-state index contributed by atoms with van der Waals surface area (Å²) in [7, 11) is 0. The number of H-pyrrole nitrogens is 1. The number of para-hydroxylation sites is 1. The molecule has 0 aliphatic heterocycles. The fourth-order valence-electron chi connectivity index (χ4n) is 4.41. The zero-order valence-electron chi connectivity index (χ0n) is 18.1. The molecule has 0 saturated carbocycles. The first-order valence-corrected chi connectivity index (χ1v) is 10.5. The Labute approximate surface area is 184 Å². The lowest BCUT2D eigenvalue weighted by atomic mass is 10.1. The Kier molecular flexibility index (Phi) is 4.48.